The van der Waals surface area contributed by atoms with E-state index in [4.69, 9.17) is 4.74 Å². The van der Waals surface area contributed by atoms with Crippen molar-refractivity contribution in [3.8, 4) is 0 Å². The van der Waals surface area contributed by atoms with Gasteiger partial charge in [0.25, 0.3) is 0 Å². The van der Waals surface area contributed by atoms with Gasteiger partial charge in [0, 0.05) is 19.7 Å². The molecule has 1 N–H and O–H groups in total. The van der Waals surface area contributed by atoms with E-state index in [1.165, 1.54) is 0 Å². The van der Waals surface area contributed by atoms with Crippen LogP contribution in [-0.4, -0.2) is 53.4 Å². The average molecular weight is 322 g/mol. The van der Waals surface area contributed by atoms with Crippen LogP contribution in [0.4, 0.5) is 5.69 Å². The highest BCUT2D eigenvalue weighted by Crippen LogP contribution is 2.20. The Balaban J connectivity index is 1.81. The van der Waals surface area contributed by atoms with E-state index in [1.807, 2.05) is 18.5 Å². The molecule has 2 heterocycles. The van der Waals surface area contributed by atoms with Crippen molar-refractivity contribution in [2.24, 2.45) is 5.92 Å². The van der Waals surface area contributed by atoms with Crippen LogP contribution in [0.1, 0.15) is 38.1 Å². The van der Waals surface area contributed by atoms with E-state index in [1.54, 1.807) is 0 Å². The van der Waals surface area contributed by atoms with Gasteiger partial charge in [-0.15, -0.1) is 0 Å². The third-order valence-corrected chi connectivity index (χ3v) is 4.38. The van der Waals surface area contributed by atoms with Gasteiger partial charge in [-0.25, -0.2) is 0 Å². The summed E-state index contributed by atoms with van der Waals surface area (Å²) < 4.78 is 7.54. The summed E-state index contributed by atoms with van der Waals surface area (Å²) in [6, 6.07) is 0. The summed E-state index contributed by atoms with van der Waals surface area (Å²) in [6.45, 7) is 12.9. The van der Waals surface area contributed by atoms with Crippen molar-refractivity contribution >= 4 is 11.6 Å². The summed E-state index contributed by atoms with van der Waals surface area (Å²) in [4.78, 5) is 14.5. The van der Waals surface area contributed by atoms with E-state index in [2.05, 4.69) is 29.2 Å². The zero-order valence-corrected chi connectivity index (χ0v) is 14.9. The predicted molar refractivity (Wildman–Crippen MR) is 91.7 cm³/mol. The molecular formula is C17H30N4O2. The van der Waals surface area contributed by atoms with Crippen LogP contribution in [0.25, 0.3) is 0 Å². The van der Waals surface area contributed by atoms with E-state index in [-0.39, 0.29) is 5.91 Å². The molecule has 6 heteroatoms. The second kappa shape index (κ2) is 8.45. The molecule has 1 atom stereocenters. The number of anilines is 1. The van der Waals surface area contributed by atoms with E-state index in [9.17, 15) is 4.79 Å². The number of hydrogen-bond donors (Lipinski definition) is 1. The lowest BCUT2D eigenvalue weighted by molar-refractivity contribution is -0.117. The SMILES string of the molecule is CCCOCC1CCN(CC(=O)Nc2c(C)nn(CC)c2C)C1. The van der Waals surface area contributed by atoms with Crippen LogP contribution in [-0.2, 0) is 16.1 Å². The van der Waals surface area contributed by atoms with Gasteiger partial charge in [0.2, 0.25) is 5.91 Å². The molecule has 0 aromatic carbocycles. The first kappa shape index (κ1) is 17.9. The van der Waals surface area contributed by atoms with Crippen molar-refractivity contribution in [1.82, 2.24) is 14.7 Å². The summed E-state index contributed by atoms with van der Waals surface area (Å²) in [5.74, 6) is 0.600. The monoisotopic (exact) mass is 322 g/mol. The van der Waals surface area contributed by atoms with Gasteiger partial charge in [0.15, 0.2) is 0 Å². The Morgan fingerprint density at radius 2 is 2.17 bits per heavy atom. The summed E-state index contributed by atoms with van der Waals surface area (Å²) in [6.07, 6.45) is 2.17. The number of carbonyl (C=O) groups excluding carboxylic acids is 1. The summed E-state index contributed by atoms with van der Waals surface area (Å²) in [5, 5.41) is 7.47. The average Bonchev–Trinajstić information content (AvgIpc) is 3.06. The minimum absolute atomic E-state index is 0.0435. The minimum atomic E-state index is 0.0435. The molecule has 1 unspecified atom stereocenters. The van der Waals surface area contributed by atoms with Gasteiger partial charge in [-0.05, 0) is 46.1 Å². The van der Waals surface area contributed by atoms with Crippen LogP contribution in [0.5, 0.6) is 0 Å². The van der Waals surface area contributed by atoms with E-state index in [0.29, 0.717) is 12.5 Å². The zero-order valence-electron chi connectivity index (χ0n) is 14.9. The van der Waals surface area contributed by atoms with Gasteiger partial charge in [0.05, 0.1) is 30.2 Å². The molecule has 130 valence electrons. The van der Waals surface area contributed by atoms with Crippen LogP contribution in [0.15, 0.2) is 0 Å². The lowest BCUT2D eigenvalue weighted by atomic mass is 10.1. The smallest absolute Gasteiger partial charge is 0.238 e. The van der Waals surface area contributed by atoms with Crippen LogP contribution in [0.2, 0.25) is 0 Å². The van der Waals surface area contributed by atoms with Gasteiger partial charge < -0.3 is 10.1 Å². The first-order valence-electron chi connectivity index (χ1n) is 8.69. The third-order valence-electron chi connectivity index (χ3n) is 4.38. The molecule has 23 heavy (non-hydrogen) atoms. The molecule has 1 aromatic rings. The summed E-state index contributed by atoms with van der Waals surface area (Å²) in [5.41, 5.74) is 2.76. The standard InChI is InChI=1S/C17H30N4O2/c1-5-9-23-12-15-7-8-20(10-15)11-16(22)18-17-13(3)19-21(6-2)14(17)4/h15H,5-12H2,1-4H3,(H,18,22). The van der Waals surface area contributed by atoms with E-state index < -0.39 is 0 Å². The van der Waals surface area contributed by atoms with Crippen molar-refractivity contribution < 1.29 is 9.53 Å². The molecule has 0 radical (unpaired) electrons. The topological polar surface area (TPSA) is 59.4 Å². The van der Waals surface area contributed by atoms with Gasteiger partial charge in [-0.1, -0.05) is 6.92 Å². The minimum Gasteiger partial charge on any atom is -0.381 e. The first-order valence-corrected chi connectivity index (χ1v) is 8.69. The second-order valence-corrected chi connectivity index (χ2v) is 6.37. The van der Waals surface area contributed by atoms with Crippen molar-refractivity contribution in [3.63, 3.8) is 0 Å². The largest absolute Gasteiger partial charge is 0.381 e. The molecule has 1 fully saturated rings. The Morgan fingerprint density at radius 3 is 2.83 bits per heavy atom. The van der Waals surface area contributed by atoms with Crippen molar-refractivity contribution in [2.45, 2.75) is 47.1 Å². The van der Waals surface area contributed by atoms with Crippen LogP contribution in [0, 0.1) is 19.8 Å². The summed E-state index contributed by atoms with van der Waals surface area (Å²) >= 11 is 0. The molecular weight excluding hydrogens is 292 g/mol. The molecule has 6 nitrogen and oxygen atoms in total. The number of rotatable bonds is 8. The van der Waals surface area contributed by atoms with Crippen molar-refractivity contribution in [2.75, 3.05) is 38.2 Å². The normalized spacial score (nSPS) is 18.5. The number of ether oxygens (including phenoxy) is 1. The van der Waals surface area contributed by atoms with Gasteiger partial charge >= 0.3 is 0 Å². The van der Waals surface area contributed by atoms with Crippen LogP contribution in [0.3, 0.4) is 0 Å². The highest BCUT2D eigenvalue weighted by atomic mass is 16.5. The number of amides is 1. The Kier molecular flexibility index (Phi) is 6.59. The number of nitrogens with one attached hydrogen (secondary N) is 1. The van der Waals surface area contributed by atoms with Crippen molar-refractivity contribution in [3.05, 3.63) is 11.4 Å². The number of hydrogen-bond acceptors (Lipinski definition) is 4. The second-order valence-electron chi connectivity index (χ2n) is 6.37. The molecule has 0 spiro atoms. The molecule has 1 aliphatic heterocycles. The number of nitrogens with zero attached hydrogens (tertiary/aromatic N) is 3. The number of likely N-dealkylation sites (tertiary alicyclic amines) is 1. The van der Waals surface area contributed by atoms with Gasteiger partial charge in [-0.2, -0.15) is 5.10 Å². The van der Waals surface area contributed by atoms with E-state index >= 15 is 0 Å². The number of aromatic nitrogens is 2. The molecule has 1 aliphatic rings. The quantitative estimate of drug-likeness (QED) is 0.746. The number of aryl methyl sites for hydroxylation is 2. The fraction of sp³-hybridized carbons (Fsp3) is 0.765. The molecule has 2 rings (SSSR count). The Hall–Kier alpha value is -1.40. The van der Waals surface area contributed by atoms with Crippen LogP contribution >= 0.6 is 0 Å². The van der Waals surface area contributed by atoms with Gasteiger partial charge in [-0.3, -0.25) is 14.4 Å². The van der Waals surface area contributed by atoms with Crippen LogP contribution < -0.4 is 5.32 Å². The molecule has 0 saturated carbocycles. The third kappa shape index (κ3) is 4.78. The Bertz CT molecular complexity index is 527. The van der Waals surface area contributed by atoms with Crippen molar-refractivity contribution in [1.29, 1.82) is 0 Å². The van der Waals surface area contributed by atoms with Gasteiger partial charge in [0.1, 0.15) is 0 Å². The zero-order chi connectivity index (χ0) is 16.8. The summed E-state index contributed by atoms with van der Waals surface area (Å²) in [7, 11) is 0. The lowest BCUT2D eigenvalue weighted by Crippen LogP contribution is -2.32. The lowest BCUT2D eigenvalue weighted by Gasteiger charge is -2.16. The molecule has 1 aromatic heterocycles. The Labute approximate surface area is 139 Å². The maximum Gasteiger partial charge on any atom is 0.238 e. The fourth-order valence-corrected chi connectivity index (χ4v) is 3.15. The predicted octanol–water partition coefficient (Wildman–Crippen LogP) is 2.21. The maximum atomic E-state index is 12.3. The fourth-order valence-electron chi connectivity index (χ4n) is 3.15. The highest BCUT2D eigenvalue weighted by Gasteiger charge is 2.24. The molecule has 0 aliphatic carbocycles. The first-order chi connectivity index (χ1) is 11.0. The number of carbonyl (C=O) groups is 1. The molecule has 1 amide bonds. The maximum absolute atomic E-state index is 12.3. The molecule has 0 bridgehead atoms. The molecule has 1 saturated heterocycles. The highest BCUT2D eigenvalue weighted by molar-refractivity contribution is 5.93. The Morgan fingerprint density at radius 1 is 1.39 bits per heavy atom. The van der Waals surface area contributed by atoms with E-state index in [0.717, 1.165) is 62.8 Å².